The average molecular weight is 729 g/mol. The van der Waals surface area contributed by atoms with E-state index in [0.717, 1.165) is 16.6 Å². The number of rotatable bonds is 2. The molecule has 3 aliphatic rings. The number of hydrogen-bond donors (Lipinski definition) is 0. The molecule has 3 aliphatic heterocycles. The molecule has 55 heavy (non-hydrogen) atoms. The highest BCUT2D eigenvalue weighted by Gasteiger charge is 2.49. The maximum Gasteiger partial charge on any atom is 0.333 e. The molecule has 4 heterocycles. The summed E-state index contributed by atoms with van der Waals surface area (Å²) >= 11 is 1.89. The normalized spacial score (nSPS) is 14.2. The van der Waals surface area contributed by atoms with Gasteiger partial charge in [0.25, 0.3) is 0 Å². The summed E-state index contributed by atoms with van der Waals surface area (Å²) in [6, 6.07) is 52.1. The summed E-state index contributed by atoms with van der Waals surface area (Å²) in [6.45, 7) is 13.9. The van der Waals surface area contributed by atoms with Gasteiger partial charge in [0.05, 0.1) is 11.4 Å². The molecule has 0 unspecified atom stereocenters. The third kappa shape index (κ3) is 4.72. The van der Waals surface area contributed by atoms with E-state index < -0.39 is 0 Å². The van der Waals surface area contributed by atoms with E-state index in [1.165, 1.54) is 87.9 Å². The van der Waals surface area contributed by atoms with Crippen LogP contribution in [-0.2, 0) is 10.8 Å². The number of fused-ring (bicyclic) bond motifs is 10. The van der Waals surface area contributed by atoms with Crippen molar-refractivity contribution in [2.45, 2.75) is 62.2 Å². The lowest BCUT2D eigenvalue weighted by atomic mass is 9.42. The van der Waals surface area contributed by atoms with Gasteiger partial charge in [0.2, 0.25) is 0 Å². The van der Waals surface area contributed by atoms with Crippen molar-refractivity contribution in [2.75, 3.05) is 9.71 Å². The van der Waals surface area contributed by atoms with Crippen molar-refractivity contribution < 1.29 is 4.42 Å². The van der Waals surface area contributed by atoms with Crippen LogP contribution in [0.3, 0.4) is 0 Å². The monoisotopic (exact) mass is 728 g/mol. The van der Waals surface area contributed by atoms with Gasteiger partial charge in [-0.1, -0.05) is 138 Å². The van der Waals surface area contributed by atoms with Crippen LogP contribution in [0.15, 0.2) is 154 Å². The van der Waals surface area contributed by atoms with Crippen molar-refractivity contribution in [1.29, 1.82) is 0 Å². The van der Waals surface area contributed by atoms with Gasteiger partial charge in [-0.2, -0.15) is 0 Å². The zero-order valence-corrected chi connectivity index (χ0v) is 32.9. The van der Waals surface area contributed by atoms with Gasteiger partial charge in [-0.3, -0.25) is 0 Å². The highest BCUT2D eigenvalue weighted by atomic mass is 32.2. The number of para-hydroxylation sites is 3. The van der Waals surface area contributed by atoms with Gasteiger partial charge in [0.1, 0.15) is 11.2 Å². The molecule has 266 valence electrons. The molecule has 11 rings (SSSR count). The molecule has 0 N–H and O–H groups in total. The molecular weight excluding hydrogens is 687 g/mol. The molecule has 0 aliphatic carbocycles. The van der Waals surface area contributed by atoms with Crippen LogP contribution in [0.5, 0.6) is 0 Å². The van der Waals surface area contributed by atoms with Crippen molar-refractivity contribution in [3.8, 4) is 22.3 Å². The fraction of sp³-hybridized carbons (Fsp3) is 0.160. The summed E-state index contributed by atoms with van der Waals surface area (Å²) in [4.78, 5) is 7.83. The van der Waals surface area contributed by atoms with Gasteiger partial charge in [0.15, 0.2) is 0 Å². The Morgan fingerprint density at radius 2 is 1.22 bits per heavy atom. The van der Waals surface area contributed by atoms with Crippen molar-refractivity contribution in [1.82, 2.24) is 0 Å². The molecule has 3 nitrogen and oxygen atoms in total. The van der Waals surface area contributed by atoms with Crippen LogP contribution in [0.4, 0.5) is 28.4 Å². The Hall–Kier alpha value is -5.65. The zero-order chi connectivity index (χ0) is 37.4. The fourth-order valence-corrected chi connectivity index (χ4v) is 10.3. The SMILES string of the molecule is CC(C)(C)c1ccc(N2c3cc(C(C)(C)C)cc4c3B(c3c2ccc2oc5ccccc5c32)N2c3ccccc3Sc3cccc-4c32)c(-c2ccccc2)c1. The van der Waals surface area contributed by atoms with Crippen LogP contribution in [-0.4, -0.2) is 6.85 Å². The maximum atomic E-state index is 6.70. The lowest BCUT2D eigenvalue weighted by molar-refractivity contribution is 0.590. The van der Waals surface area contributed by atoms with Gasteiger partial charge in [-0.15, -0.1) is 0 Å². The second-order valence-corrected chi connectivity index (χ2v) is 18.4. The predicted octanol–water partition coefficient (Wildman–Crippen LogP) is 13.0. The van der Waals surface area contributed by atoms with Gasteiger partial charge >= 0.3 is 6.85 Å². The molecule has 0 spiro atoms. The molecule has 0 saturated heterocycles. The highest BCUT2D eigenvalue weighted by Crippen LogP contribution is 2.57. The molecule has 0 atom stereocenters. The lowest BCUT2D eigenvalue weighted by Crippen LogP contribution is -2.62. The van der Waals surface area contributed by atoms with E-state index in [0.29, 0.717) is 0 Å². The summed E-state index contributed by atoms with van der Waals surface area (Å²) in [6.07, 6.45) is 0. The van der Waals surface area contributed by atoms with E-state index in [4.69, 9.17) is 4.42 Å². The Kier molecular flexibility index (Phi) is 6.81. The van der Waals surface area contributed by atoms with E-state index in [-0.39, 0.29) is 17.7 Å². The number of nitrogens with zero attached hydrogens (tertiary/aromatic N) is 2. The standard InChI is InChI=1S/C50H41BN2OS/c1-49(2,3)31-23-24-37(35(27-31)30-15-8-7-9-16-30)52-39-25-26-42-45(34-17-10-12-20-41(34)54-42)47(39)51-46-36(28-32(29-40(46)52)50(4,5)6)33-18-14-22-44-48(33)53(51)38-19-11-13-21-43(38)55-44/h7-29H,1-6H3. The van der Waals surface area contributed by atoms with Crippen molar-refractivity contribution in [3.05, 3.63) is 151 Å². The first-order valence-electron chi connectivity index (χ1n) is 19.4. The third-order valence-electron chi connectivity index (χ3n) is 11.9. The largest absolute Gasteiger partial charge is 0.456 e. The molecule has 0 bridgehead atoms. The number of anilines is 5. The lowest BCUT2D eigenvalue weighted by Gasteiger charge is -2.48. The minimum absolute atomic E-state index is 0.0127. The van der Waals surface area contributed by atoms with Gasteiger partial charge in [-0.05, 0) is 98.6 Å². The van der Waals surface area contributed by atoms with Crippen LogP contribution < -0.4 is 20.6 Å². The van der Waals surface area contributed by atoms with Gasteiger partial charge in [0, 0.05) is 48.8 Å². The Morgan fingerprint density at radius 3 is 2.04 bits per heavy atom. The number of benzene rings is 7. The average Bonchev–Trinajstić information content (AvgIpc) is 3.57. The molecular formula is C50H41BN2OS. The van der Waals surface area contributed by atoms with Crippen molar-refractivity contribution in [2.24, 2.45) is 0 Å². The summed E-state index contributed by atoms with van der Waals surface area (Å²) in [5, 5.41) is 2.33. The number of hydrogen-bond acceptors (Lipinski definition) is 4. The van der Waals surface area contributed by atoms with Crippen LogP contribution in [0.25, 0.3) is 44.2 Å². The minimum atomic E-state index is -0.0975. The van der Waals surface area contributed by atoms with E-state index in [9.17, 15) is 0 Å². The molecule has 1 aromatic heterocycles. The molecule has 8 aromatic rings. The molecule has 0 fully saturated rings. The van der Waals surface area contributed by atoms with Crippen molar-refractivity contribution >= 4 is 79.9 Å². The quantitative estimate of drug-likeness (QED) is 0.165. The Labute approximate surface area is 327 Å². The van der Waals surface area contributed by atoms with Crippen molar-refractivity contribution in [3.63, 3.8) is 0 Å². The number of furan rings is 1. The summed E-state index contributed by atoms with van der Waals surface area (Å²) in [7, 11) is 0. The Bertz CT molecular complexity index is 2900. The minimum Gasteiger partial charge on any atom is -0.456 e. The van der Waals surface area contributed by atoms with Crippen LogP contribution in [0, 0.1) is 0 Å². The van der Waals surface area contributed by atoms with Gasteiger partial charge in [-0.25, -0.2) is 0 Å². The van der Waals surface area contributed by atoms with E-state index in [2.05, 4.69) is 191 Å². The first kappa shape index (κ1) is 32.8. The van der Waals surface area contributed by atoms with Crippen LogP contribution >= 0.6 is 11.8 Å². The third-order valence-corrected chi connectivity index (χ3v) is 13.0. The molecule has 0 saturated carbocycles. The van der Waals surface area contributed by atoms with Crippen LogP contribution in [0.2, 0.25) is 0 Å². The Morgan fingerprint density at radius 1 is 0.509 bits per heavy atom. The van der Waals surface area contributed by atoms with Crippen LogP contribution in [0.1, 0.15) is 52.7 Å². The maximum absolute atomic E-state index is 6.70. The molecule has 0 radical (unpaired) electrons. The molecule has 0 amide bonds. The first-order chi connectivity index (χ1) is 26.6. The topological polar surface area (TPSA) is 19.6 Å². The summed E-state index contributed by atoms with van der Waals surface area (Å²) in [5.41, 5.74) is 18.2. The first-order valence-corrected chi connectivity index (χ1v) is 20.2. The zero-order valence-electron chi connectivity index (χ0n) is 32.1. The predicted molar refractivity (Wildman–Crippen MR) is 234 cm³/mol. The molecule has 5 heteroatoms. The highest BCUT2D eigenvalue weighted by molar-refractivity contribution is 7.99. The van der Waals surface area contributed by atoms with Gasteiger partial charge < -0.3 is 14.1 Å². The second-order valence-electron chi connectivity index (χ2n) is 17.4. The van der Waals surface area contributed by atoms with E-state index in [1.807, 2.05) is 11.8 Å². The summed E-state index contributed by atoms with van der Waals surface area (Å²) in [5.74, 6) is 0. The fourth-order valence-electron chi connectivity index (χ4n) is 9.23. The molecule has 7 aromatic carbocycles. The van der Waals surface area contributed by atoms with E-state index >= 15 is 0 Å². The summed E-state index contributed by atoms with van der Waals surface area (Å²) < 4.78 is 6.70. The second kappa shape index (κ2) is 11.4. The smallest absolute Gasteiger partial charge is 0.333 e. The van der Waals surface area contributed by atoms with E-state index in [1.54, 1.807) is 0 Å². The Balaban J connectivity index is 1.34.